The van der Waals surface area contributed by atoms with Crippen molar-refractivity contribution >= 4 is 11.7 Å². The number of carbonyl (C=O) groups is 1. The lowest BCUT2D eigenvalue weighted by atomic mass is 10.0. The molecule has 1 aliphatic rings. The molecule has 154 valence electrons. The molecule has 0 bridgehead atoms. The molecular formula is C23H27NO5. The van der Waals surface area contributed by atoms with E-state index in [0.29, 0.717) is 12.3 Å². The van der Waals surface area contributed by atoms with E-state index in [1.807, 2.05) is 30.3 Å². The highest BCUT2D eigenvalue weighted by molar-refractivity contribution is 6.07. The van der Waals surface area contributed by atoms with E-state index < -0.39 is 18.2 Å². The van der Waals surface area contributed by atoms with Gasteiger partial charge in [-0.3, -0.25) is 0 Å². The predicted octanol–water partition coefficient (Wildman–Crippen LogP) is 3.77. The third-order valence-corrected chi connectivity index (χ3v) is 4.68. The van der Waals surface area contributed by atoms with Crippen LogP contribution >= 0.6 is 0 Å². The molecule has 6 nitrogen and oxygen atoms in total. The summed E-state index contributed by atoms with van der Waals surface area (Å²) in [5.41, 5.74) is 2.70. The standard InChI is InChI=1S/C23H27NO5/c1-3-27-23(25)22-21(26-2)20(24-29-22)18-13-9-14-19(16-18)28-15-8-7-12-17-10-5-4-6-11-17/h4-6,9-11,13-14,16,21-22H,3,7-8,12,15H2,1-2H3. The molecule has 0 N–H and O–H groups in total. The molecule has 0 aromatic heterocycles. The minimum Gasteiger partial charge on any atom is -0.494 e. The first-order valence-electron chi connectivity index (χ1n) is 9.93. The van der Waals surface area contributed by atoms with E-state index in [9.17, 15) is 4.79 Å². The summed E-state index contributed by atoms with van der Waals surface area (Å²) < 4.78 is 16.4. The number of esters is 1. The van der Waals surface area contributed by atoms with E-state index in [4.69, 9.17) is 19.0 Å². The zero-order valence-corrected chi connectivity index (χ0v) is 16.9. The van der Waals surface area contributed by atoms with E-state index in [1.54, 1.807) is 6.92 Å². The molecule has 1 heterocycles. The Balaban J connectivity index is 1.53. The maximum atomic E-state index is 12.0. The zero-order valence-electron chi connectivity index (χ0n) is 16.9. The van der Waals surface area contributed by atoms with Gasteiger partial charge in [0.25, 0.3) is 6.10 Å². The van der Waals surface area contributed by atoms with Gasteiger partial charge in [0.2, 0.25) is 0 Å². The highest BCUT2D eigenvalue weighted by Gasteiger charge is 2.41. The van der Waals surface area contributed by atoms with E-state index in [2.05, 4.69) is 29.4 Å². The first kappa shape index (κ1) is 20.9. The van der Waals surface area contributed by atoms with E-state index in [0.717, 1.165) is 30.6 Å². The van der Waals surface area contributed by atoms with Crippen molar-refractivity contribution in [2.75, 3.05) is 20.3 Å². The Morgan fingerprint density at radius 3 is 2.69 bits per heavy atom. The van der Waals surface area contributed by atoms with Crippen molar-refractivity contribution in [1.82, 2.24) is 0 Å². The molecule has 1 aliphatic heterocycles. The maximum absolute atomic E-state index is 12.0. The minimum atomic E-state index is -0.891. The van der Waals surface area contributed by atoms with Crippen LogP contribution in [0.3, 0.4) is 0 Å². The second-order valence-corrected chi connectivity index (χ2v) is 6.73. The van der Waals surface area contributed by atoms with Crippen LogP contribution in [-0.4, -0.2) is 44.2 Å². The third-order valence-electron chi connectivity index (χ3n) is 4.68. The van der Waals surface area contributed by atoms with Crippen LogP contribution in [0, 0.1) is 0 Å². The Bertz CT molecular complexity index is 821. The molecule has 0 aliphatic carbocycles. The highest BCUT2D eigenvalue weighted by Crippen LogP contribution is 2.23. The van der Waals surface area contributed by atoms with Crippen LogP contribution in [0.4, 0.5) is 0 Å². The van der Waals surface area contributed by atoms with Crippen molar-refractivity contribution in [3.05, 3.63) is 65.7 Å². The summed E-state index contributed by atoms with van der Waals surface area (Å²) in [5.74, 6) is 0.267. The van der Waals surface area contributed by atoms with Gasteiger partial charge >= 0.3 is 5.97 Å². The monoisotopic (exact) mass is 397 g/mol. The van der Waals surface area contributed by atoms with Crippen LogP contribution in [-0.2, 0) is 25.5 Å². The summed E-state index contributed by atoms with van der Waals surface area (Å²) in [7, 11) is 1.52. The molecule has 3 rings (SSSR count). The largest absolute Gasteiger partial charge is 0.494 e. The van der Waals surface area contributed by atoms with Crippen LogP contribution in [0.25, 0.3) is 0 Å². The summed E-state index contributed by atoms with van der Waals surface area (Å²) >= 11 is 0. The van der Waals surface area contributed by atoms with Crippen LogP contribution in [0.1, 0.15) is 30.9 Å². The molecular weight excluding hydrogens is 370 g/mol. The minimum absolute atomic E-state index is 0.276. The highest BCUT2D eigenvalue weighted by atomic mass is 16.7. The molecule has 2 atom stereocenters. The number of nitrogens with zero attached hydrogens (tertiary/aromatic N) is 1. The molecule has 0 saturated heterocycles. The summed E-state index contributed by atoms with van der Waals surface area (Å²) in [6, 6.07) is 18.0. The van der Waals surface area contributed by atoms with E-state index in [-0.39, 0.29) is 6.61 Å². The fourth-order valence-electron chi connectivity index (χ4n) is 3.22. The second kappa shape index (κ2) is 10.6. The van der Waals surface area contributed by atoms with Gasteiger partial charge in [0.15, 0.2) is 6.10 Å². The topological polar surface area (TPSA) is 66.4 Å². The SMILES string of the molecule is CCOC(=O)C1ON=C(c2cccc(OCCCCc3ccccc3)c2)C1OC. The van der Waals surface area contributed by atoms with Crippen LogP contribution in [0.2, 0.25) is 0 Å². The number of hydrogen-bond acceptors (Lipinski definition) is 6. The van der Waals surface area contributed by atoms with Crippen molar-refractivity contribution in [3.63, 3.8) is 0 Å². The van der Waals surface area contributed by atoms with Crippen LogP contribution < -0.4 is 4.74 Å². The van der Waals surface area contributed by atoms with Gasteiger partial charge in [-0.1, -0.05) is 47.6 Å². The number of oxime groups is 1. The molecule has 0 fully saturated rings. The number of rotatable bonds is 10. The number of carbonyl (C=O) groups excluding carboxylic acids is 1. The van der Waals surface area contributed by atoms with Gasteiger partial charge in [0.1, 0.15) is 11.5 Å². The Kier molecular flexibility index (Phi) is 7.64. The number of ether oxygens (including phenoxy) is 3. The zero-order chi connectivity index (χ0) is 20.5. The molecule has 6 heteroatoms. The summed E-state index contributed by atoms with van der Waals surface area (Å²) in [6.45, 7) is 2.66. The van der Waals surface area contributed by atoms with Crippen LogP contribution in [0.15, 0.2) is 59.8 Å². The Hall–Kier alpha value is -2.86. The molecule has 29 heavy (non-hydrogen) atoms. The van der Waals surface area contributed by atoms with Crippen molar-refractivity contribution in [2.45, 2.75) is 38.4 Å². The van der Waals surface area contributed by atoms with Gasteiger partial charge in [-0.2, -0.15) is 0 Å². The first-order chi connectivity index (χ1) is 14.2. The van der Waals surface area contributed by atoms with Gasteiger partial charge in [0.05, 0.1) is 13.2 Å². The number of unbranched alkanes of at least 4 members (excludes halogenated alkanes) is 1. The van der Waals surface area contributed by atoms with Crippen molar-refractivity contribution in [1.29, 1.82) is 0 Å². The van der Waals surface area contributed by atoms with Gasteiger partial charge in [-0.25, -0.2) is 4.79 Å². The molecule has 2 aromatic rings. The van der Waals surface area contributed by atoms with Gasteiger partial charge in [-0.15, -0.1) is 0 Å². The predicted molar refractivity (Wildman–Crippen MR) is 110 cm³/mol. The number of benzene rings is 2. The number of methoxy groups -OCH3 is 1. The summed E-state index contributed by atoms with van der Waals surface area (Å²) in [4.78, 5) is 17.3. The fourth-order valence-corrected chi connectivity index (χ4v) is 3.22. The number of aryl methyl sites for hydroxylation is 1. The maximum Gasteiger partial charge on any atom is 0.353 e. The molecule has 0 radical (unpaired) electrons. The lowest BCUT2D eigenvalue weighted by Crippen LogP contribution is -2.38. The normalized spacial score (nSPS) is 18.1. The Labute approximate surface area is 171 Å². The molecule has 0 amide bonds. The number of hydrogen-bond donors (Lipinski definition) is 0. The van der Waals surface area contributed by atoms with Crippen molar-refractivity contribution < 1.29 is 23.8 Å². The Morgan fingerprint density at radius 1 is 1.10 bits per heavy atom. The summed E-state index contributed by atoms with van der Waals surface area (Å²) in [5, 5.41) is 4.06. The van der Waals surface area contributed by atoms with Gasteiger partial charge in [0, 0.05) is 12.7 Å². The van der Waals surface area contributed by atoms with Crippen molar-refractivity contribution in [3.8, 4) is 5.75 Å². The Morgan fingerprint density at radius 2 is 1.93 bits per heavy atom. The second-order valence-electron chi connectivity index (χ2n) is 6.73. The molecule has 2 aromatic carbocycles. The smallest absolute Gasteiger partial charge is 0.353 e. The lowest BCUT2D eigenvalue weighted by molar-refractivity contribution is -0.160. The molecule has 2 unspecified atom stereocenters. The first-order valence-corrected chi connectivity index (χ1v) is 9.93. The quantitative estimate of drug-likeness (QED) is 0.451. The molecule has 0 spiro atoms. The average molecular weight is 397 g/mol. The van der Waals surface area contributed by atoms with Gasteiger partial charge < -0.3 is 19.0 Å². The third kappa shape index (κ3) is 5.57. The van der Waals surface area contributed by atoms with Crippen molar-refractivity contribution in [2.24, 2.45) is 5.16 Å². The van der Waals surface area contributed by atoms with Gasteiger partial charge in [-0.05, 0) is 43.9 Å². The molecule has 0 saturated carbocycles. The van der Waals surface area contributed by atoms with E-state index in [1.165, 1.54) is 12.7 Å². The van der Waals surface area contributed by atoms with E-state index >= 15 is 0 Å². The summed E-state index contributed by atoms with van der Waals surface area (Å²) in [6.07, 6.45) is 1.57. The fraction of sp³-hybridized carbons (Fsp3) is 0.391. The lowest BCUT2D eigenvalue weighted by Gasteiger charge is -2.16. The van der Waals surface area contributed by atoms with Crippen LogP contribution in [0.5, 0.6) is 5.75 Å². The average Bonchev–Trinajstić information content (AvgIpc) is 3.19.